The molecule has 0 saturated carbocycles. The van der Waals surface area contributed by atoms with E-state index in [1.807, 2.05) is 41.6 Å². The molecule has 1 heterocycles. The largest absolute Gasteiger partial charge is 0.347 e. The molecular weight excluding hydrogens is 423 g/mol. The Kier molecular flexibility index (Phi) is 5.71. The van der Waals surface area contributed by atoms with Gasteiger partial charge < -0.3 is 4.90 Å². The van der Waals surface area contributed by atoms with Crippen LogP contribution in [0.25, 0.3) is 0 Å². The second kappa shape index (κ2) is 7.97. The van der Waals surface area contributed by atoms with E-state index in [4.69, 9.17) is 0 Å². The molecule has 128 valence electrons. The topological polar surface area (TPSA) is 23.6 Å². The number of nitrogens with zero attached hydrogens (tertiary/aromatic N) is 2. The van der Waals surface area contributed by atoms with E-state index in [0.29, 0.717) is 12.6 Å². The Morgan fingerprint density at radius 2 is 1.56 bits per heavy atom. The normalized spacial score (nSPS) is 19.2. The lowest BCUT2D eigenvalue weighted by atomic mass is 9.99. The highest BCUT2D eigenvalue weighted by molar-refractivity contribution is 14.1. The number of ketones is 1. The van der Waals surface area contributed by atoms with Gasteiger partial charge in [0.15, 0.2) is 5.78 Å². The highest BCUT2D eigenvalue weighted by atomic mass is 127. The molecule has 0 saturated heterocycles. The number of halogens is 1. The third-order valence-corrected chi connectivity index (χ3v) is 4.98. The molecule has 0 aromatic heterocycles. The first-order valence-corrected chi connectivity index (χ1v) is 9.29. The molecule has 0 bridgehead atoms. The van der Waals surface area contributed by atoms with Crippen LogP contribution in [0.15, 0.2) is 84.3 Å². The molecule has 0 radical (unpaired) electrons. The summed E-state index contributed by atoms with van der Waals surface area (Å²) < 4.78 is 1.13. The van der Waals surface area contributed by atoms with Crippen molar-refractivity contribution in [3.05, 3.63) is 93.4 Å². The SMILES string of the molecule is CN(C)C1C=CC(=C2C=CN(CC(=O)c3ccc(I)cc3)C=C2)C=C1. The van der Waals surface area contributed by atoms with Crippen molar-refractivity contribution < 1.29 is 4.79 Å². The maximum absolute atomic E-state index is 12.4. The molecule has 2 aliphatic rings. The Hall–Kier alpha value is -1.92. The zero-order valence-electron chi connectivity index (χ0n) is 14.4. The average molecular weight is 444 g/mol. The number of benzene rings is 1. The van der Waals surface area contributed by atoms with E-state index in [1.165, 1.54) is 5.57 Å². The first-order valence-electron chi connectivity index (χ1n) is 8.21. The van der Waals surface area contributed by atoms with Crippen LogP contribution in [-0.4, -0.2) is 42.3 Å². The number of carbonyl (C=O) groups excluding carboxylic acids is 1. The quantitative estimate of drug-likeness (QED) is 0.515. The van der Waals surface area contributed by atoms with Gasteiger partial charge in [-0.1, -0.05) is 36.4 Å². The molecule has 1 aliphatic heterocycles. The summed E-state index contributed by atoms with van der Waals surface area (Å²) in [5, 5.41) is 0. The van der Waals surface area contributed by atoms with E-state index in [-0.39, 0.29) is 5.78 Å². The summed E-state index contributed by atoms with van der Waals surface area (Å²) in [6, 6.07) is 8.03. The summed E-state index contributed by atoms with van der Waals surface area (Å²) in [6.45, 7) is 0.352. The van der Waals surface area contributed by atoms with Crippen LogP contribution in [0.3, 0.4) is 0 Å². The summed E-state index contributed by atoms with van der Waals surface area (Å²) in [6.07, 6.45) is 16.7. The van der Waals surface area contributed by atoms with Gasteiger partial charge in [0.05, 0.1) is 6.54 Å². The molecule has 25 heavy (non-hydrogen) atoms. The number of likely N-dealkylation sites (N-methyl/N-ethyl adjacent to an activating group) is 1. The minimum absolute atomic E-state index is 0.119. The third kappa shape index (κ3) is 4.58. The second-order valence-electron chi connectivity index (χ2n) is 6.32. The first-order chi connectivity index (χ1) is 12.0. The number of allylic oxidation sites excluding steroid dienone is 6. The minimum atomic E-state index is 0.119. The maximum Gasteiger partial charge on any atom is 0.182 e. The van der Waals surface area contributed by atoms with E-state index in [2.05, 4.69) is 78.0 Å². The summed E-state index contributed by atoms with van der Waals surface area (Å²) in [5.41, 5.74) is 3.09. The predicted molar refractivity (Wildman–Crippen MR) is 111 cm³/mol. The summed E-state index contributed by atoms with van der Waals surface area (Å²) in [4.78, 5) is 16.4. The van der Waals surface area contributed by atoms with Crippen molar-refractivity contribution >= 4 is 28.4 Å². The lowest BCUT2D eigenvalue weighted by molar-refractivity contribution is 0.0969. The smallest absolute Gasteiger partial charge is 0.182 e. The van der Waals surface area contributed by atoms with E-state index >= 15 is 0 Å². The van der Waals surface area contributed by atoms with Crippen LogP contribution in [-0.2, 0) is 0 Å². The Morgan fingerprint density at radius 3 is 2.12 bits per heavy atom. The Balaban J connectivity index is 1.64. The van der Waals surface area contributed by atoms with Gasteiger partial charge >= 0.3 is 0 Å². The first kappa shape index (κ1) is 17.9. The van der Waals surface area contributed by atoms with Crippen molar-refractivity contribution in [1.82, 2.24) is 9.80 Å². The Bertz CT molecular complexity index is 766. The Morgan fingerprint density at radius 1 is 1.00 bits per heavy atom. The predicted octanol–water partition coefficient (Wildman–Crippen LogP) is 4.17. The van der Waals surface area contributed by atoms with Gasteiger partial charge in [-0.2, -0.15) is 0 Å². The fraction of sp³-hybridized carbons (Fsp3) is 0.190. The van der Waals surface area contributed by atoms with Crippen molar-refractivity contribution in [3.8, 4) is 0 Å². The highest BCUT2D eigenvalue weighted by Crippen LogP contribution is 2.20. The van der Waals surface area contributed by atoms with E-state index in [9.17, 15) is 4.79 Å². The molecule has 4 heteroatoms. The molecular formula is C21H21IN2O. The monoisotopic (exact) mass is 444 g/mol. The molecule has 3 nitrogen and oxygen atoms in total. The van der Waals surface area contributed by atoms with Crippen LogP contribution >= 0.6 is 22.6 Å². The van der Waals surface area contributed by atoms with Crippen molar-refractivity contribution in [3.63, 3.8) is 0 Å². The number of hydrogen-bond donors (Lipinski definition) is 0. The minimum Gasteiger partial charge on any atom is -0.347 e. The van der Waals surface area contributed by atoms with Gasteiger partial charge in [0, 0.05) is 27.6 Å². The lowest BCUT2D eigenvalue weighted by Gasteiger charge is -2.22. The molecule has 3 rings (SSSR count). The standard InChI is InChI=1S/C21H21IN2O/c1-23(2)20-9-5-16(6-10-20)17-11-13-24(14-12-17)15-21(25)18-3-7-19(22)8-4-18/h3-14,20H,15H2,1-2H3. The zero-order chi connectivity index (χ0) is 17.8. The van der Waals surface area contributed by atoms with E-state index in [0.717, 1.165) is 14.7 Å². The number of carbonyl (C=O) groups is 1. The average Bonchev–Trinajstić information content (AvgIpc) is 2.63. The maximum atomic E-state index is 12.4. The molecule has 1 aromatic carbocycles. The van der Waals surface area contributed by atoms with Crippen LogP contribution < -0.4 is 0 Å². The van der Waals surface area contributed by atoms with Crippen LogP contribution in [0.2, 0.25) is 0 Å². The number of rotatable bonds is 4. The zero-order valence-corrected chi connectivity index (χ0v) is 16.6. The van der Waals surface area contributed by atoms with Gasteiger partial charge in [-0.3, -0.25) is 9.69 Å². The van der Waals surface area contributed by atoms with E-state index < -0.39 is 0 Å². The van der Waals surface area contributed by atoms with Gasteiger partial charge in [-0.15, -0.1) is 0 Å². The van der Waals surface area contributed by atoms with Gasteiger partial charge in [0.1, 0.15) is 0 Å². The fourth-order valence-electron chi connectivity index (χ4n) is 2.71. The number of Topliss-reactive ketones (excluding diaryl/α,β-unsaturated/α-hetero) is 1. The Labute approximate surface area is 162 Å². The van der Waals surface area contributed by atoms with Crippen molar-refractivity contribution in [2.45, 2.75) is 6.04 Å². The second-order valence-corrected chi connectivity index (χ2v) is 7.56. The van der Waals surface area contributed by atoms with Crippen LogP contribution in [0.5, 0.6) is 0 Å². The molecule has 0 unspecified atom stereocenters. The van der Waals surface area contributed by atoms with Gasteiger partial charge in [-0.25, -0.2) is 0 Å². The number of hydrogen-bond acceptors (Lipinski definition) is 3. The van der Waals surface area contributed by atoms with Gasteiger partial charge in [-0.05, 0) is 72.1 Å². The lowest BCUT2D eigenvalue weighted by Crippen LogP contribution is -2.24. The summed E-state index contributed by atoms with van der Waals surface area (Å²) >= 11 is 2.24. The molecule has 1 aromatic rings. The summed E-state index contributed by atoms with van der Waals surface area (Å²) in [7, 11) is 4.14. The van der Waals surface area contributed by atoms with Crippen LogP contribution in [0.4, 0.5) is 0 Å². The molecule has 0 spiro atoms. The molecule has 0 fully saturated rings. The highest BCUT2D eigenvalue weighted by Gasteiger charge is 2.12. The molecule has 1 aliphatic carbocycles. The van der Waals surface area contributed by atoms with Crippen LogP contribution in [0.1, 0.15) is 10.4 Å². The molecule has 0 N–H and O–H groups in total. The van der Waals surface area contributed by atoms with E-state index in [1.54, 1.807) is 0 Å². The fourth-order valence-corrected chi connectivity index (χ4v) is 3.07. The third-order valence-electron chi connectivity index (χ3n) is 4.26. The van der Waals surface area contributed by atoms with Gasteiger partial charge in [0.2, 0.25) is 0 Å². The van der Waals surface area contributed by atoms with Gasteiger partial charge in [0.25, 0.3) is 0 Å². The summed E-state index contributed by atoms with van der Waals surface area (Å²) in [5.74, 6) is 0.119. The van der Waals surface area contributed by atoms with Crippen molar-refractivity contribution in [2.24, 2.45) is 0 Å². The van der Waals surface area contributed by atoms with Crippen molar-refractivity contribution in [1.29, 1.82) is 0 Å². The molecule has 0 atom stereocenters. The molecule has 0 amide bonds. The van der Waals surface area contributed by atoms with Crippen molar-refractivity contribution in [2.75, 3.05) is 20.6 Å². The van der Waals surface area contributed by atoms with Crippen LogP contribution in [0, 0.1) is 3.57 Å².